The molecule has 0 saturated heterocycles. The van der Waals surface area contributed by atoms with Crippen LogP contribution in [0.25, 0.3) is 0 Å². The molecule has 0 unspecified atom stereocenters. The highest BCUT2D eigenvalue weighted by Gasteiger charge is 2.27. The molecule has 1 aromatic carbocycles. The third-order valence-electron chi connectivity index (χ3n) is 4.74. The van der Waals surface area contributed by atoms with Gasteiger partial charge in [0.2, 0.25) is 11.8 Å². The number of nitrogens with one attached hydrogen (secondary N) is 2. The molecule has 2 amide bonds. The lowest BCUT2D eigenvalue weighted by Crippen LogP contribution is -2.38. The van der Waals surface area contributed by atoms with Crippen LogP contribution in [0.4, 0.5) is 5.69 Å². The lowest BCUT2D eigenvalue weighted by molar-refractivity contribution is -0.128. The van der Waals surface area contributed by atoms with Crippen LogP contribution in [0.1, 0.15) is 37.2 Å². The fourth-order valence-electron chi connectivity index (χ4n) is 3.37. The Balaban J connectivity index is 1.41. The maximum Gasteiger partial charge on any atom is 0.243 e. The molecule has 5 heteroatoms. The van der Waals surface area contributed by atoms with Crippen LogP contribution >= 0.6 is 0 Å². The summed E-state index contributed by atoms with van der Waals surface area (Å²) in [7, 11) is 0. The van der Waals surface area contributed by atoms with Crippen LogP contribution in [0.3, 0.4) is 0 Å². The molecule has 1 saturated carbocycles. The minimum atomic E-state index is -0.237. The first-order valence-corrected chi connectivity index (χ1v) is 8.75. The van der Waals surface area contributed by atoms with Gasteiger partial charge in [0.15, 0.2) is 0 Å². The Bertz CT molecular complexity index is 695. The van der Waals surface area contributed by atoms with E-state index in [1.807, 2.05) is 6.07 Å². The fraction of sp³-hybridized carbons (Fsp3) is 0.350. The van der Waals surface area contributed by atoms with Crippen LogP contribution in [-0.4, -0.2) is 23.3 Å². The van der Waals surface area contributed by atoms with Crippen molar-refractivity contribution in [3.8, 4) is 0 Å². The molecule has 1 aliphatic rings. The molecule has 0 aliphatic heterocycles. The molecular weight excluding hydrogens is 314 g/mol. The smallest absolute Gasteiger partial charge is 0.243 e. The summed E-state index contributed by atoms with van der Waals surface area (Å²) in [6.45, 7) is -0.00760. The Hall–Kier alpha value is -2.69. The number of rotatable bonds is 5. The lowest BCUT2D eigenvalue weighted by atomic mass is 9.78. The van der Waals surface area contributed by atoms with E-state index in [-0.39, 0.29) is 24.3 Å². The standard InChI is InChI=1S/C20H23N3O2/c24-19(23-18-7-4-12-21-13-18)14-22-20(25)17-10-8-16(9-11-17)15-5-2-1-3-6-15/h1-7,12-13,16-17H,8-11,14H2,(H,22,25)(H,23,24). The third kappa shape index (κ3) is 4.89. The van der Waals surface area contributed by atoms with Crippen molar-refractivity contribution < 1.29 is 9.59 Å². The van der Waals surface area contributed by atoms with Gasteiger partial charge in [-0.2, -0.15) is 0 Å². The second-order valence-electron chi connectivity index (χ2n) is 6.47. The number of amides is 2. The van der Waals surface area contributed by atoms with Gasteiger partial charge in [-0.25, -0.2) is 0 Å². The third-order valence-corrected chi connectivity index (χ3v) is 4.74. The quantitative estimate of drug-likeness (QED) is 0.880. The molecule has 1 fully saturated rings. The Labute approximate surface area is 147 Å². The largest absolute Gasteiger partial charge is 0.347 e. The highest BCUT2D eigenvalue weighted by atomic mass is 16.2. The molecule has 1 aliphatic carbocycles. The number of carbonyl (C=O) groups is 2. The summed E-state index contributed by atoms with van der Waals surface area (Å²) >= 11 is 0. The molecule has 1 aromatic heterocycles. The van der Waals surface area contributed by atoms with Crippen molar-refractivity contribution >= 4 is 17.5 Å². The van der Waals surface area contributed by atoms with E-state index >= 15 is 0 Å². The van der Waals surface area contributed by atoms with Gasteiger partial charge in [0.05, 0.1) is 18.4 Å². The summed E-state index contributed by atoms with van der Waals surface area (Å²) in [5.74, 6) is 0.289. The maximum absolute atomic E-state index is 12.3. The van der Waals surface area contributed by atoms with E-state index in [2.05, 4.69) is 39.9 Å². The van der Waals surface area contributed by atoms with E-state index in [0.29, 0.717) is 11.6 Å². The lowest BCUT2D eigenvalue weighted by Gasteiger charge is -2.28. The predicted octanol–water partition coefficient (Wildman–Crippen LogP) is 3.11. The number of nitrogens with zero attached hydrogens (tertiary/aromatic N) is 1. The van der Waals surface area contributed by atoms with Gasteiger partial charge in [0, 0.05) is 12.1 Å². The minimum Gasteiger partial charge on any atom is -0.347 e. The molecule has 3 rings (SSSR count). The monoisotopic (exact) mass is 337 g/mol. The second-order valence-corrected chi connectivity index (χ2v) is 6.47. The normalized spacial score (nSPS) is 19.8. The van der Waals surface area contributed by atoms with Crippen molar-refractivity contribution in [2.24, 2.45) is 5.92 Å². The Morgan fingerprint density at radius 1 is 1.00 bits per heavy atom. The van der Waals surface area contributed by atoms with Gasteiger partial charge < -0.3 is 10.6 Å². The summed E-state index contributed by atoms with van der Waals surface area (Å²) in [5, 5.41) is 5.47. The van der Waals surface area contributed by atoms with E-state index in [1.54, 1.807) is 24.5 Å². The van der Waals surface area contributed by atoms with Crippen LogP contribution in [-0.2, 0) is 9.59 Å². The van der Waals surface area contributed by atoms with Gasteiger partial charge >= 0.3 is 0 Å². The average molecular weight is 337 g/mol. The zero-order valence-electron chi connectivity index (χ0n) is 14.2. The number of anilines is 1. The van der Waals surface area contributed by atoms with Crippen molar-refractivity contribution in [2.45, 2.75) is 31.6 Å². The van der Waals surface area contributed by atoms with E-state index in [4.69, 9.17) is 0 Å². The highest BCUT2D eigenvalue weighted by molar-refractivity contribution is 5.94. The Morgan fingerprint density at radius 3 is 2.44 bits per heavy atom. The predicted molar refractivity (Wildman–Crippen MR) is 97.0 cm³/mol. The SMILES string of the molecule is O=C(CNC(=O)C1CCC(c2ccccc2)CC1)Nc1cccnc1. The van der Waals surface area contributed by atoms with Crippen LogP contribution in [0, 0.1) is 5.92 Å². The fourth-order valence-corrected chi connectivity index (χ4v) is 3.37. The summed E-state index contributed by atoms with van der Waals surface area (Å²) in [6, 6.07) is 14.0. The summed E-state index contributed by atoms with van der Waals surface area (Å²) in [5.41, 5.74) is 1.99. The van der Waals surface area contributed by atoms with E-state index < -0.39 is 0 Å². The van der Waals surface area contributed by atoms with Gasteiger partial charge in [-0.1, -0.05) is 30.3 Å². The molecule has 2 N–H and O–H groups in total. The first kappa shape index (κ1) is 17.1. The van der Waals surface area contributed by atoms with Crippen molar-refractivity contribution in [3.05, 3.63) is 60.4 Å². The van der Waals surface area contributed by atoms with E-state index in [1.165, 1.54) is 5.56 Å². The van der Waals surface area contributed by atoms with Crippen LogP contribution < -0.4 is 10.6 Å². The number of hydrogen-bond donors (Lipinski definition) is 2. The van der Waals surface area contributed by atoms with Gasteiger partial charge in [0.1, 0.15) is 0 Å². The van der Waals surface area contributed by atoms with Crippen molar-refractivity contribution in [1.29, 1.82) is 0 Å². The molecule has 2 aromatic rings. The summed E-state index contributed by atoms with van der Waals surface area (Å²) < 4.78 is 0. The van der Waals surface area contributed by atoms with Crippen molar-refractivity contribution in [2.75, 3.05) is 11.9 Å². The Morgan fingerprint density at radius 2 is 1.76 bits per heavy atom. The summed E-state index contributed by atoms with van der Waals surface area (Å²) in [6.07, 6.45) is 6.99. The van der Waals surface area contributed by atoms with Gasteiger partial charge in [-0.05, 0) is 49.3 Å². The molecule has 130 valence electrons. The zero-order chi connectivity index (χ0) is 17.5. The Kier molecular flexibility index (Phi) is 5.77. The molecule has 25 heavy (non-hydrogen) atoms. The van der Waals surface area contributed by atoms with Crippen LogP contribution in [0.2, 0.25) is 0 Å². The topological polar surface area (TPSA) is 71.1 Å². The minimum absolute atomic E-state index is 0.00570. The van der Waals surface area contributed by atoms with E-state index in [0.717, 1.165) is 25.7 Å². The number of aromatic nitrogens is 1. The summed E-state index contributed by atoms with van der Waals surface area (Å²) in [4.78, 5) is 28.1. The van der Waals surface area contributed by atoms with Crippen LogP contribution in [0.15, 0.2) is 54.9 Å². The first-order valence-electron chi connectivity index (χ1n) is 8.75. The molecular formula is C20H23N3O2. The van der Waals surface area contributed by atoms with E-state index in [9.17, 15) is 9.59 Å². The van der Waals surface area contributed by atoms with Gasteiger partial charge in [-0.3, -0.25) is 14.6 Å². The molecule has 5 nitrogen and oxygen atoms in total. The second kappa shape index (κ2) is 8.42. The molecule has 0 spiro atoms. The van der Waals surface area contributed by atoms with Crippen LogP contribution in [0.5, 0.6) is 0 Å². The number of carbonyl (C=O) groups excluding carboxylic acids is 2. The molecule has 1 heterocycles. The van der Waals surface area contributed by atoms with Crippen molar-refractivity contribution in [1.82, 2.24) is 10.3 Å². The van der Waals surface area contributed by atoms with Gasteiger partial charge in [-0.15, -0.1) is 0 Å². The van der Waals surface area contributed by atoms with Crippen molar-refractivity contribution in [3.63, 3.8) is 0 Å². The number of pyridine rings is 1. The molecule has 0 atom stereocenters. The maximum atomic E-state index is 12.3. The highest BCUT2D eigenvalue weighted by Crippen LogP contribution is 2.35. The average Bonchev–Trinajstić information content (AvgIpc) is 2.68. The number of benzene rings is 1. The first-order chi connectivity index (χ1) is 12.2. The van der Waals surface area contributed by atoms with Gasteiger partial charge in [0.25, 0.3) is 0 Å². The molecule has 0 bridgehead atoms. The zero-order valence-corrected chi connectivity index (χ0v) is 14.2. The molecule has 0 radical (unpaired) electrons. The number of hydrogen-bond acceptors (Lipinski definition) is 3.